The van der Waals surface area contributed by atoms with Crippen LogP contribution < -0.4 is 38.9 Å². The number of carboxylic acid groups (broad SMARTS) is 1. The van der Waals surface area contributed by atoms with Crippen LogP contribution in [-0.2, 0) is 19.2 Å². The van der Waals surface area contributed by atoms with E-state index >= 15 is 0 Å². The number of carboxylic acids is 1. The number of carbonyl (C=O) groups is 4. The van der Waals surface area contributed by atoms with Crippen LogP contribution >= 0.6 is 0 Å². The van der Waals surface area contributed by atoms with Gasteiger partial charge in [0.25, 0.3) is 0 Å². The van der Waals surface area contributed by atoms with E-state index in [9.17, 15) is 29.4 Å². The van der Waals surface area contributed by atoms with Crippen LogP contribution in [0.5, 0.6) is 0 Å². The molecular formula is C22H44N8O6. The molecule has 208 valence electrons. The van der Waals surface area contributed by atoms with Crippen molar-refractivity contribution >= 4 is 29.7 Å². The van der Waals surface area contributed by atoms with E-state index < -0.39 is 54.0 Å². The average Bonchev–Trinajstić information content (AvgIpc) is 2.77. The van der Waals surface area contributed by atoms with Gasteiger partial charge >= 0.3 is 5.97 Å². The molecule has 0 aromatic carbocycles. The van der Waals surface area contributed by atoms with Gasteiger partial charge in [0.05, 0.1) is 12.1 Å². The molecule has 3 amide bonds. The van der Waals surface area contributed by atoms with Crippen molar-refractivity contribution in [2.24, 2.45) is 33.8 Å². The SMILES string of the molecule is CC(C)CC(N)C(=O)NC(CCCCN)C(=O)NC(CCCN=C(N)N)C(=O)NC(C(=O)O)C(C)O. The zero-order chi connectivity index (χ0) is 27.8. The van der Waals surface area contributed by atoms with Gasteiger partial charge in [-0.05, 0) is 57.9 Å². The lowest BCUT2D eigenvalue weighted by Gasteiger charge is -2.26. The summed E-state index contributed by atoms with van der Waals surface area (Å²) in [6.45, 7) is 5.63. The van der Waals surface area contributed by atoms with Crippen LogP contribution in [0.4, 0.5) is 0 Å². The van der Waals surface area contributed by atoms with Crippen molar-refractivity contribution in [3.8, 4) is 0 Å². The fourth-order valence-corrected chi connectivity index (χ4v) is 3.34. The van der Waals surface area contributed by atoms with Gasteiger partial charge in [-0.3, -0.25) is 19.4 Å². The molecule has 5 unspecified atom stereocenters. The maximum absolute atomic E-state index is 13.1. The third-order valence-electron chi connectivity index (χ3n) is 5.27. The quantitative estimate of drug-likeness (QED) is 0.0523. The van der Waals surface area contributed by atoms with Crippen LogP contribution in [0.1, 0.15) is 59.3 Å². The molecule has 14 nitrogen and oxygen atoms in total. The summed E-state index contributed by atoms with van der Waals surface area (Å²) >= 11 is 0. The van der Waals surface area contributed by atoms with Gasteiger partial charge in [0.15, 0.2) is 12.0 Å². The van der Waals surface area contributed by atoms with Crippen molar-refractivity contribution in [2.75, 3.05) is 13.1 Å². The van der Waals surface area contributed by atoms with Crippen LogP contribution in [0.2, 0.25) is 0 Å². The van der Waals surface area contributed by atoms with Crippen molar-refractivity contribution in [1.29, 1.82) is 0 Å². The van der Waals surface area contributed by atoms with Gasteiger partial charge in [-0.2, -0.15) is 0 Å². The molecule has 0 aliphatic heterocycles. The van der Waals surface area contributed by atoms with Crippen molar-refractivity contribution in [1.82, 2.24) is 16.0 Å². The number of aliphatic hydroxyl groups excluding tert-OH is 1. The molecule has 5 atom stereocenters. The highest BCUT2D eigenvalue weighted by Crippen LogP contribution is 2.08. The summed E-state index contributed by atoms with van der Waals surface area (Å²) in [7, 11) is 0. The van der Waals surface area contributed by atoms with Gasteiger partial charge in [-0.15, -0.1) is 0 Å². The molecule has 0 aliphatic carbocycles. The predicted molar refractivity (Wildman–Crippen MR) is 135 cm³/mol. The second kappa shape index (κ2) is 17.5. The summed E-state index contributed by atoms with van der Waals surface area (Å²) in [5.74, 6) is -3.35. The maximum atomic E-state index is 13.1. The highest BCUT2D eigenvalue weighted by atomic mass is 16.4. The van der Waals surface area contributed by atoms with E-state index in [4.69, 9.17) is 22.9 Å². The Balaban J connectivity index is 5.62. The van der Waals surface area contributed by atoms with Crippen molar-refractivity contribution in [3.05, 3.63) is 0 Å². The second-order valence-electron chi connectivity index (χ2n) is 9.16. The molecule has 0 radical (unpaired) electrons. The largest absolute Gasteiger partial charge is 0.480 e. The molecular weight excluding hydrogens is 472 g/mol. The third kappa shape index (κ3) is 13.8. The first-order valence-electron chi connectivity index (χ1n) is 12.1. The molecule has 0 aromatic rings. The number of nitrogens with one attached hydrogen (secondary N) is 3. The van der Waals surface area contributed by atoms with Crippen LogP contribution in [-0.4, -0.2) is 83.2 Å². The monoisotopic (exact) mass is 516 g/mol. The molecule has 0 saturated carbocycles. The molecule has 0 fully saturated rings. The molecule has 0 rings (SSSR count). The fourth-order valence-electron chi connectivity index (χ4n) is 3.34. The number of aliphatic hydroxyl groups is 1. The highest BCUT2D eigenvalue weighted by molar-refractivity contribution is 5.94. The molecule has 0 spiro atoms. The number of guanidine groups is 1. The van der Waals surface area contributed by atoms with Crippen LogP contribution in [0.15, 0.2) is 4.99 Å². The minimum absolute atomic E-state index is 0.0663. The molecule has 0 aliphatic rings. The number of amides is 3. The Labute approximate surface area is 212 Å². The average molecular weight is 517 g/mol. The summed E-state index contributed by atoms with van der Waals surface area (Å²) in [6, 6.07) is -4.55. The van der Waals surface area contributed by atoms with Gasteiger partial charge < -0.3 is 49.1 Å². The Morgan fingerprint density at radius 2 is 1.39 bits per heavy atom. The number of unbranched alkanes of at least 4 members (excludes halogenated alkanes) is 1. The lowest BCUT2D eigenvalue weighted by atomic mass is 10.0. The number of rotatable bonds is 18. The van der Waals surface area contributed by atoms with E-state index in [0.29, 0.717) is 25.8 Å². The zero-order valence-electron chi connectivity index (χ0n) is 21.4. The minimum Gasteiger partial charge on any atom is -0.480 e. The van der Waals surface area contributed by atoms with E-state index in [1.54, 1.807) is 0 Å². The summed E-state index contributed by atoms with van der Waals surface area (Å²) in [5, 5.41) is 26.4. The lowest BCUT2D eigenvalue weighted by Crippen LogP contribution is -2.58. The van der Waals surface area contributed by atoms with E-state index in [2.05, 4.69) is 20.9 Å². The van der Waals surface area contributed by atoms with Crippen molar-refractivity contribution in [3.63, 3.8) is 0 Å². The smallest absolute Gasteiger partial charge is 0.328 e. The van der Waals surface area contributed by atoms with Gasteiger partial charge in [0.1, 0.15) is 12.1 Å². The Bertz CT molecular complexity index is 742. The number of hydrogen-bond acceptors (Lipinski definition) is 8. The van der Waals surface area contributed by atoms with E-state index in [1.165, 1.54) is 6.92 Å². The molecule has 0 heterocycles. The predicted octanol–water partition coefficient (Wildman–Crippen LogP) is -2.54. The molecule has 0 bridgehead atoms. The Morgan fingerprint density at radius 3 is 1.86 bits per heavy atom. The van der Waals surface area contributed by atoms with Crippen molar-refractivity contribution < 1.29 is 29.4 Å². The summed E-state index contributed by atoms with van der Waals surface area (Å²) < 4.78 is 0. The van der Waals surface area contributed by atoms with Gasteiger partial charge in [-0.1, -0.05) is 13.8 Å². The van der Waals surface area contributed by atoms with Gasteiger partial charge in [0.2, 0.25) is 17.7 Å². The Kier molecular flexibility index (Phi) is 16.0. The number of aliphatic imine (C=N–C) groups is 1. The first-order valence-corrected chi connectivity index (χ1v) is 12.1. The second-order valence-corrected chi connectivity index (χ2v) is 9.16. The van der Waals surface area contributed by atoms with Crippen molar-refractivity contribution in [2.45, 2.75) is 89.6 Å². The fraction of sp³-hybridized carbons (Fsp3) is 0.773. The van der Waals surface area contributed by atoms with Crippen LogP contribution in [0.3, 0.4) is 0 Å². The number of hydrogen-bond donors (Lipinski definition) is 9. The minimum atomic E-state index is -1.58. The number of aliphatic carboxylic acids is 1. The van der Waals surface area contributed by atoms with Gasteiger partial charge in [-0.25, -0.2) is 4.79 Å². The first kappa shape index (κ1) is 33.0. The van der Waals surface area contributed by atoms with E-state index in [0.717, 1.165) is 0 Å². The van der Waals surface area contributed by atoms with Crippen LogP contribution in [0.25, 0.3) is 0 Å². The molecule has 0 saturated heterocycles. The highest BCUT2D eigenvalue weighted by Gasteiger charge is 2.31. The third-order valence-corrected chi connectivity index (χ3v) is 5.27. The topological polar surface area (TPSA) is 261 Å². The summed E-state index contributed by atoms with van der Waals surface area (Å²) in [4.78, 5) is 53.8. The molecule has 13 N–H and O–H groups in total. The zero-order valence-corrected chi connectivity index (χ0v) is 21.4. The number of nitrogens with two attached hydrogens (primary N) is 4. The molecule has 0 aromatic heterocycles. The summed E-state index contributed by atoms with van der Waals surface area (Å²) in [6.07, 6.45) is 0.817. The molecule has 36 heavy (non-hydrogen) atoms. The standard InChI is InChI=1S/C22H44N8O6/c1-12(2)11-14(24)18(32)28-15(7-4-5-9-23)19(33)29-16(8-6-10-27-22(25)26)20(34)30-17(13(3)31)21(35)36/h12-17,31H,4-11,23-24H2,1-3H3,(H,28,32)(H,29,33)(H,30,34)(H,35,36)(H4,25,26,27). The summed E-state index contributed by atoms with van der Waals surface area (Å²) in [5.41, 5.74) is 22.1. The Hall–Kier alpha value is -2.97. The number of nitrogens with zero attached hydrogens (tertiary/aromatic N) is 1. The Morgan fingerprint density at radius 1 is 0.861 bits per heavy atom. The maximum Gasteiger partial charge on any atom is 0.328 e. The normalized spacial score (nSPS) is 15.2. The number of carbonyl (C=O) groups excluding carboxylic acids is 3. The van der Waals surface area contributed by atoms with E-state index in [-0.39, 0.29) is 37.7 Å². The first-order chi connectivity index (χ1) is 16.8. The molecule has 14 heteroatoms. The van der Waals surface area contributed by atoms with Crippen LogP contribution in [0, 0.1) is 5.92 Å². The van der Waals surface area contributed by atoms with E-state index in [1.807, 2.05) is 13.8 Å². The van der Waals surface area contributed by atoms with Gasteiger partial charge in [0, 0.05) is 6.54 Å². The lowest BCUT2D eigenvalue weighted by molar-refractivity contribution is -0.145.